The number of nitro groups is 1. The molecular weight excluding hydrogens is 341 g/mol. The average Bonchev–Trinajstić information content (AvgIpc) is 3.19. The van der Waals surface area contributed by atoms with Gasteiger partial charge in [0.2, 0.25) is 0 Å². The predicted octanol–water partition coefficient (Wildman–Crippen LogP) is 3.73. The molecule has 134 valence electrons. The van der Waals surface area contributed by atoms with Crippen molar-refractivity contribution in [1.82, 2.24) is 9.78 Å². The van der Waals surface area contributed by atoms with Crippen LogP contribution in [0.5, 0.6) is 0 Å². The monoisotopic (exact) mass is 356 g/mol. The van der Waals surface area contributed by atoms with E-state index in [0.717, 1.165) is 31.6 Å². The number of rotatable bonds is 5. The van der Waals surface area contributed by atoms with Crippen LogP contribution in [-0.2, 0) is 17.5 Å². The summed E-state index contributed by atoms with van der Waals surface area (Å²) in [6.07, 6.45) is 0.449. The van der Waals surface area contributed by atoms with Gasteiger partial charge in [0.25, 0.3) is 5.69 Å². The fourth-order valence-corrected chi connectivity index (χ4v) is 2.65. The van der Waals surface area contributed by atoms with Crippen molar-refractivity contribution < 1.29 is 22.8 Å². The van der Waals surface area contributed by atoms with Gasteiger partial charge in [-0.1, -0.05) is 0 Å². The zero-order valence-electron chi connectivity index (χ0n) is 13.0. The number of anilines is 2. The summed E-state index contributed by atoms with van der Waals surface area (Å²) in [6.45, 7) is 1.27. The van der Waals surface area contributed by atoms with E-state index < -0.39 is 22.4 Å². The minimum atomic E-state index is -4.64. The first kappa shape index (κ1) is 17.2. The van der Waals surface area contributed by atoms with Crippen molar-refractivity contribution in [2.24, 2.45) is 0 Å². The molecule has 0 spiro atoms. The Balaban J connectivity index is 1.78. The molecule has 1 aliphatic rings. The van der Waals surface area contributed by atoms with Crippen LogP contribution in [0.4, 0.5) is 30.2 Å². The molecule has 1 saturated heterocycles. The number of hydrogen-bond donors (Lipinski definition) is 1. The van der Waals surface area contributed by atoms with E-state index >= 15 is 0 Å². The minimum absolute atomic E-state index is 0.0327. The van der Waals surface area contributed by atoms with E-state index in [1.54, 1.807) is 10.9 Å². The van der Waals surface area contributed by atoms with E-state index in [1.807, 2.05) is 0 Å². The Labute approximate surface area is 140 Å². The summed E-state index contributed by atoms with van der Waals surface area (Å²) < 4.78 is 45.3. The van der Waals surface area contributed by atoms with Crippen LogP contribution in [0, 0.1) is 10.1 Å². The number of hydrogen-bond acceptors (Lipinski definition) is 5. The third-order valence-corrected chi connectivity index (χ3v) is 3.85. The number of nitrogens with one attached hydrogen (secondary N) is 1. The quantitative estimate of drug-likeness (QED) is 0.652. The van der Waals surface area contributed by atoms with Crippen LogP contribution in [0.1, 0.15) is 18.4 Å². The molecule has 1 aromatic carbocycles. The molecule has 25 heavy (non-hydrogen) atoms. The molecule has 3 rings (SSSR count). The first-order chi connectivity index (χ1) is 11.8. The Hall–Kier alpha value is -2.62. The topological polar surface area (TPSA) is 82.2 Å². The van der Waals surface area contributed by atoms with Crippen molar-refractivity contribution in [2.45, 2.75) is 31.7 Å². The largest absolute Gasteiger partial charge is 0.416 e. The molecule has 7 nitrogen and oxygen atoms in total. The molecule has 0 bridgehead atoms. The van der Waals surface area contributed by atoms with Gasteiger partial charge in [-0.05, 0) is 25.0 Å². The van der Waals surface area contributed by atoms with Gasteiger partial charge in [-0.25, -0.2) is 0 Å². The molecule has 1 unspecified atom stereocenters. The smallest absolute Gasteiger partial charge is 0.376 e. The number of alkyl halides is 3. The maximum absolute atomic E-state index is 12.7. The Bertz CT molecular complexity index is 770. The normalized spacial score (nSPS) is 17.6. The number of nitro benzene ring substituents is 1. The molecule has 0 saturated carbocycles. The summed E-state index contributed by atoms with van der Waals surface area (Å²) in [6, 6.07) is 2.35. The van der Waals surface area contributed by atoms with E-state index in [1.165, 1.54) is 6.20 Å². The zero-order valence-corrected chi connectivity index (χ0v) is 13.0. The lowest BCUT2D eigenvalue weighted by atomic mass is 10.1. The summed E-state index contributed by atoms with van der Waals surface area (Å²) in [5.74, 6) is 0. The van der Waals surface area contributed by atoms with Crippen LogP contribution in [0.15, 0.2) is 30.6 Å². The third-order valence-electron chi connectivity index (χ3n) is 3.85. The second-order valence-electron chi connectivity index (χ2n) is 5.70. The second-order valence-corrected chi connectivity index (χ2v) is 5.70. The summed E-state index contributed by atoms with van der Waals surface area (Å²) in [4.78, 5) is 10.2. The van der Waals surface area contributed by atoms with Crippen LogP contribution in [0.3, 0.4) is 0 Å². The van der Waals surface area contributed by atoms with Gasteiger partial charge in [0.15, 0.2) is 0 Å². The Kier molecular flexibility index (Phi) is 4.62. The fraction of sp³-hybridized carbons (Fsp3) is 0.400. The first-order valence-electron chi connectivity index (χ1n) is 7.59. The average molecular weight is 356 g/mol. The summed E-state index contributed by atoms with van der Waals surface area (Å²) >= 11 is 0. The minimum Gasteiger partial charge on any atom is -0.376 e. The van der Waals surface area contributed by atoms with Gasteiger partial charge in [-0.3, -0.25) is 14.8 Å². The molecule has 1 fully saturated rings. The van der Waals surface area contributed by atoms with Gasteiger partial charge in [-0.2, -0.15) is 18.3 Å². The standard InChI is InChI=1S/C15H15F3N4O3/c16-15(17,18)10-3-4-13(14(6-10)22(23)24)20-11-7-19-21(8-11)9-12-2-1-5-25-12/h3-4,6-8,12,20H,1-2,5,9H2. The SMILES string of the molecule is O=[N+]([O-])c1cc(C(F)(F)F)ccc1Nc1cnn(CC2CCCO2)c1. The van der Waals surface area contributed by atoms with Gasteiger partial charge in [0.1, 0.15) is 5.69 Å². The van der Waals surface area contributed by atoms with Crippen molar-refractivity contribution in [3.8, 4) is 0 Å². The first-order valence-corrected chi connectivity index (χ1v) is 7.59. The molecule has 1 aromatic heterocycles. The van der Waals surface area contributed by atoms with Gasteiger partial charge in [-0.15, -0.1) is 0 Å². The summed E-state index contributed by atoms with van der Waals surface area (Å²) in [7, 11) is 0. The number of ether oxygens (including phenoxy) is 1. The lowest BCUT2D eigenvalue weighted by Crippen LogP contribution is -2.15. The van der Waals surface area contributed by atoms with Gasteiger partial charge in [0, 0.05) is 18.9 Å². The highest BCUT2D eigenvalue weighted by Crippen LogP contribution is 2.36. The molecule has 1 N–H and O–H groups in total. The van der Waals surface area contributed by atoms with Gasteiger partial charge < -0.3 is 10.1 Å². The number of halogens is 3. The Morgan fingerprint density at radius 2 is 2.24 bits per heavy atom. The van der Waals surface area contributed by atoms with Crippen LogP contribution >= 0.6 is 0 Å². The molecule has 0 radical (unpaired) electrons. The highest BCUT2D eigenvalue weighted by Gasteiger charge is 2.33. The summed E-state index contributed by atoms with van der Waals surface area (Å²) in [5.41, 5.74) is -1.31. The van der Waals surface area contributed by atoms with E-state index in [2.05, 4.69) is 10.4 Å². The Morgan fingerprint density at radius 3 is 2.88 bits per heavy atom. The van der Waals surface area contributed by atoms with Crippen molar-refractivity contribution in [1.29, 1.82) is 0 Å². The maximum atomic E-state index is 12.7. The van der Waals surface area contributed by atoms with Crippen molar-refractivity contribution in [3.63, 3.8) is 0 Å². The molecule has 1 aliphatic heterocycles. The van der Waals surface area contributed by atoms with Crippen molar-refractivity contribution >= 4 is 17.1 Å². The van der Waals surface area contributed by atoms with E-state index in [-0.39, 0.29) is 11.8 Å². The maximum Gasteiger partial charge on any atom is 0.416 e. The highest BCUT2D eigenvalue weighted by atomic mass is 19.4. The molecule has 2 heterocycles. The molecular formula is C15H15F3N4O3. The van der Waals surface area contributed by atoms with E-state index in [9.17, 15) is 23.3 Å². The van der Waals surface area contributed by atoms with Crippen molar-refractivity contribution in [3.05, 3.63) is 46.3 Å². The van der Waals surface area contributed by atoms with Crippen LogP contribution in [-0.4, -0.2) is 27.4 Å². The van der Waals surface area contributed by atoms with Crippen LogP contribution < -0.4 is 5.32 Å². The predicted molar refractivity (Wildman–Crippen MR) is 82.6 cm³/mol. The lowest BCUT2D eigenvalue weighted by molar-refractivity contribution is -0.384. The van der Waals surface area contributed by atoms with E-state index in [0.29, 0.717) is 18.3 Å². The highest BCUT2D eigenvalue weighted by molar-refractivity contribution is 5.69. The van der Waals surface area contributed by atoms with Crippen LogP contribution in [0.2, 0.25) is 0 Å². The van der Waals surface area contributed by atoms with Gasteiger partial charge >= 0.3 is 6.18 Å². The van der Waals surface area contributed by atoms with Crippen molar-refractivity contribution in [2.75, 3.05) is 11.9 Å². The van der Waals surface area contributed by atoms with Gasteiger partial charge in [0.05, 0.1) is 35.0 Å². The van der Waals surface area contributed by atoms with E-state index in [4.69, 9.17) is 4.74 Å². The molecule has 2 aromatic rings. The Morgan fingerprint density at radius 1 is 1.44 bits per heavy atom. The zero-order chi connectivity index (χ0) is 18.0. The number of aromatic nitrogens is 2. The number of nitrogens with zero attached hydrogens (tertiary/aromatic N) is 3. The molecule has 0 amide bonds. The summed E-state index contributed by atoms with van der Waals surface area (Å²) in [5, 5.41) is 18.0. The second kappa shape index (κ2) is 6.71. The molecule has 10 heteroatoms. The fourth-order valence-electron chi connectivity index (χ4n) is 2.65. The number of benzene rings is 1. The third kappa shape index (κ3) is 4.08. The lowest BCUT2D eigenvalue weighted by Gasteiger charge is -2.10. The molecule has 1 atom stereocenters. The molecule has 0 aliphatic carbocycles. The van der Waals surface area contributed by atoms with Crippen LogP contribution in [0.25, 0.3) is 0 Å².